The summed E-state index contributed by atoms with van der Waals surface area (Å²) in [5, 5.41) is 5.58. The van der Waals surface area contributed by atoms with Gasteiger partial charge >= 0.3 is 17.3 Å². The van der Waals surface area contributed by atoms with Gasteiger partial charge in [0.1, 0.15) is 6.04 Å². The van der Waals surface area contributed by atoms with Gasteiger partial charge in [-0.05, 0) is 32.1 Å². The number of hydrogen-bond donors (Lipinski definition) is 2. The number of hydrogen-bond acceptors (Lipinski definition) is 7. The number of esters is 1. The molecule has 2 amide bonds. The van der Waals surface area contributed by atoms with Gasteiger partial charge in [0.05, 0.1) is 6.61 Å². The molecular weight excluding hydrogens is 376 g/mol. The third kappa shape index (κ3) is 6.25. The van der Waals surface area contributed by atoms with Crippen LogP contribution in [0.1, 0.15) is 52.9 Å². The number of nitrogens with one attached hydrogen (secondary N) is 2. The lowest BCUT2D eigenvalue weighted by Gasteiger charge is -2.24. The molecule has 0 aromatic rings. The van der Waals surface area contributed by atoms with Crippen molar-refractivity contribution in [3.63, 3.8) is 0 Å². The zero-order valence-electron chi connectivity index (χ0n) is 15.9. The van der Waals surface area contributed by atoms with Crippen molar-refractivity contribution in [2.75, 3.05) is 6.61 Å². The zero-order valence-corrected chi connectivity index (χ0v) is 16.7. The van der Waals surface area contributed by atoms with Crippen molar-refractivity contribution < 1.29 is 31.7 Å². The molecule has 0 radical (unpaired) electrons. The Kier molecular flexibility index (Phi) is 8.18. The molecule has 10 heteroatoms. The second kappa shape index (κ2) is 10.1. The molecular formula is C17H28N2O7S. The molecule has 1 aliphatic carbocycles. The predicted molar refractivity (Wildman–Crippen MR) is 96.3 cm³/mol. The van der Waals surface area contributed by atoms with Crippen molar-refractivity contribution in [1.82, 2.24) is 10.6 Å². The zero-order chi connectivity index (χ0) is 20.0. The quantitative estimate of drug-likeness (QED) is 0.565. The molecule has 1 saturated heterocycles. The van der Waals surface area contributed by atoms with Crippen molar-refractivity contribution >= 4 is 29.1 Å². The Morgan fingerprint density at radius 1 is 1.15 bits per heavy atom. The Morgan fingerprint density at radius 3 is 2.37 bits per heavy atom. The van der Waals surface area contributed by atoms with E-state index in [2.05, 4.69) is 10.6 Å². The van der Waals surface area contributed by atoms with E-state index >= 15 is 0 Å². The summed E-state index contributed by atoms with van der Waals surface area (Å²) in [6.07, 6.45) is 1.57. The van der Waals surface area contributed by atoms with Crippen LogP contribution in [0.3, 0.4) is 0 Å². The van der Waals surface area contributed by atoms with Crippen LogP contribution >= 0.6 is 0 Å². The highest BCUT2D eigenvalue weighted by Crippen LogP contribution is 2.21. The molecule has 9 nitrogen and oxygen atoms in total. The van der Waals surface area contributed by atoms with Gasteiger partial charge in [-0.2, -0.15) is 4.21 Å². The van der Waals surface area contributed by atoms with Gasteiger partial charge in [0.15, 0.2) is 6.10 Å². The second-order valence-electron chi connectivity index (χ2n) is 7.17. The van der Waals surface area contributed by atoms with Gasteiger partial charge in [0, 0.05) is 6.04 Å². The summed E-state index contributed by atoms with van der Waals surface area (Å²) in [4.78, 5) is 37.1. The largest absolute Gasteiger partial charge is 0.464 e. The minimum Gasteiger partial charge on any atom is -0.464 e. The summed E-state index contributed by atoms with van der Waals surface area (Å²) >= 11 is -2.23. The van der Waals surface area contributed by atoms with E-state index in [0.717, 1.165) is 25.7 Å². The predicted octanol–water partition coefficient (Wildman–Crippen LogP) is 0.502. The first-order valence-corrected chi connectivity index (χ1v) is 10.3. The van der Waals surface area contributed by atoms with Crippen molar-refractivity contribution in [3.05, 3.63) is 0 Å². The molecule has 154 valence electrons. The highest BCUT2D eigenvalue weighted by molar-refractivity contribution is 7.75. The van der Waals surface area contributed by atoms with E-state index < -0.39 is 41.5 Å². The van der Waals surface area contributed by atoms with Crippen molar-refractivity contribution in [2.45, 2.75) is 77.2 Å². The summed E-state index contributed by atoms with van der Waals surface area (Å²) < 4.78 is 26.1. The lowest BCUT2D eigenvalue weighted by molar-refractivity contribution is -0.155. The Morgan fingerprint density at radius 2 is 1.78 bits per heavy atom. The van der Waals surface area contributed by atoms with Gasteiger partial charge in [0.2, 0.25) is 12.0 Å². The van der Waals surface area contributed by atoms with Crippen LogP contribution in [0, 0.1) is 5.92 Å². The molecule has 0 spiro atoms. The molecule has 2 N–H and O–H groups in total. The number of carbonyl (C=O) groups is 3. The van der Waals surface area contributed by atoms with Crippen molar-refractivity contribution in [2.24, 2.45) is 5.92 Å². The summed E-state index contributed by atoms with van der Waals surface area (Å²) in [6.45, 7) is 5.56. The van der Waals surface area contributed by atoms with Gasteiger partial charge in [0.25, 0.3) is 5.91 Å². The van der Waals surface area contributed by atoms with E-state index in [4.69, 9.17) is 13.1 Å². The van der Waals surface area contributed by atoms with Crippen molar-refractivity contribution in [3.8, 4) is 0 Å². The summed E-state index contributed by atoms with van der Waals surface area (Å²) in [5.74, 6) is -1.68. The summed E-state index contributed by atoms with van der Waals surface area (Å²) in [6, 6.07) is -0.659. The monoisotopic (exact) mass is 404 g/mol. The molecule has 1 aliphatic heterocycles. The Balaban J connectivity index is 2.03. The van der Waals surface area contributed by atoms with Gasteiger partial charge < -0.3 is 15.4 Å². The van der Waals surface area contributed by atoms with Crippen LogP contribution in [0.25, 0.3) is 0 Å². The van der Waals surface area contributed by atoms with Crippen molar-refractivity contribution in [1.29, 1.82) is 0 Å². The van der Waals surface area contributed by atoms with Gasteiger partial charge in [-0.15, -0.1) is 0 Å². The minimum absolute atomic E-state index is 0.0828. The second-order valence-corrected chi connectivity index (χ2v) is 7.96. The van der Waals surface area contributed by atoms with Crippen LogP contribution in [-0.2, 0) is 38.8 Å². The number of rotatable bonds is 8. The fourth-order valence-corrected chi connectivity index (χ4v) is 3.94. The lowest BCUT2D eigenvalue weighted by atomic mass is 10.0. The molecule has 27 heavy (non-hydrogen) atoms. The third-order valence-electron chi connectivity index (χ3n) is 4.46. The van der Waals surface area contributed by atoms with E-state index in [0.29, 0.717) is 6.42 Å². The van der Waals surface area contributed by atoms with Gasteiger partial charge in [-0.3, -0.25) is 13.8 Å². The van der Waals surface area contributed by atoms with Gasteiger partial charge in [-0.1, -0.05) is 26.7 Å². The minimum atomic E-state index is -2.23. The molecule has 2 aliphatic rings. The lowest BCUT2D eigenvalue weighted by Crippen LogP contribution is -2.54. The number of carbonyl (C=O) groups excluding carboxylic acids is 3. The first-order valence-electron chi connectivity index (χ1n) is 9.35. The van der Waals surface area contributed by atoms with Crippen LogP contribution in [0.5, 0.6) is 0 Å². The molecule has 1 heterocycles. The standard InChI is InChI=1S/C17H28N2O7S/c1-4-24-17(22)14-13(25-27(23)26-14)16(21)19-12(9-10(2)3)15(20)18-11-7-5-6-8-11/h10-14H,4-9H2,1-3H3,(H,18,20)(H,19,21)/t12-,13-,14-,27?/m0/s1. The molecule has 2 rings (SSSR count). The molecule has 1 unspecified atom stereocenters. The summed E-state index contributed by atoms with van der Waals surface area (Å²) in [5.41, 5.74) is 0. The fraction of sp³-hybridized carbons (Fsp3) is 0.824. The molecule has 0 aromatic carbocycles. The van der Waals surface area contributed by atoms with E-state index in [9.17, 15) is 18.6 Å². The Bertz CT molecular complexity index is 578. The first-order chi connectivity index (χ1) is 12.8. The van der Waals surface area contributed by atoms with Crippen LogP contribution in [0.2, 0.25) is 0 Å². The average molecular weight is 404 g/mol. The van der Waals surface area contributed by atoms with E-state index in [1.54, 1.807) is 6.92 Å². The molecule has 4 atom stereocenters. The third-order valence-corrected chi connectivity index (χ3v) is 5.19. The normalized spacial score (nSPS) is 26.7. The molecule has 0 aromatic heterocycles. The number of ether oxygens (including phenoxy) is 1. The fourth-order valence-electron chi connectivity index (χ4n) is 3.19. The van der Waals surface area contributed by atoms with Gasteiger partial charge in [-0.25, -0.2) is 8.98 Å². The smallest absolute Gasteiger partial charge is 0.340 e. The molecule has 0 bridgehead atoms. The first kappa shape index (κ1) is 21.8. The highest BCUT2D eigenvalue weighted by Gasteiger charge is 2.47. The SMILES string of the molecule is CCOC(=O)[C@H]1OS(=O)O[C@@H]1C(=O)N[C@@H](CC(C)C)C(=O)NC1CCCC1. The topological polar surface area (TPSA) is 120 Å². The maximum atomic E-state index is 12.6. The maximum absolute atomic E-state index is 12.6. The molecule has 2 fully saturated rings. The maximum Gasteiger partial charge on any atom is 0.340 e. The van der Waals surface area contributed by atoms with Crippen LogP contribution in [-0.4, -0.2) is 52.9 Å². The Labute approximate surface area is 161 Å². The van der Waals surface area contributed by atoms with Crippen LogP contribution in [0.4, 0.5) is 0 Å². The average Bonchev–Trinajstić information content (AvgIpc) is 3.23. The van der Waals surface area contributed by atoms with Crippen LogP contribution in [0.15, 0.2) is 0 Å². The summed E-state index contributed by atoms with van der Waals surface area (Å²) in [7, 11) is 0. The molecule has 1 saturated carbocycles. The van der Waals surface area contributed by atoms with Crippen LogP contribution < -0.4 is 10.6 Å². The highest BCUT2D eigenvalue weighted by atomic mass is 32.2. The number of amides is 2. The van der Waals surface area contributed by atoms with E-state index in [1.165, 1.54) is 0 Å². The van der Waals surface area contributed by atoms with E-state index in [-0.39, 0.29) is 24.5 Å². The Hall–Kier alpha value is -1.52. The van der Waals surface area contributed by atoms with E-state index in [1.807, 2.05) is 13.8 Å².